The summed E-state index contributed by atoms with van der Waals surface area (Å²) in [6.07, 6.45) is 3.77. The lowest BCUT2D eigenvalue weighted by Crippen LogP contribution is -2.22. The monoisotopic (exact) mass is 396 g/mol. The van der Waals surface area contributed by atoms with Gasteiger partial charge in [-0.2, -0.15) is 0 Å². The number of halogens is 1. The van der Waals surface area contributed by atoms with Crippen molar-refractivity contribution in [3.05, 3.63) is 69.9 Å². The first-order valence-corrected chi connectivity index (χ1v) is 9.63. The normalized spacial score (nSPS) is 11.1. The van der Waals surface area contributed by atoms with Crippen molar-refractivity contribution in [1.29, 1.82) is 0 Å². The van der Waals surface area contributed by atoms with Gasteiger partial charge in [0.25, 0.3) is 5.91 Å². The van der Waals surface area contributed by atoms with E-state index in [0.717, 1.165) is 27.2 Å². The standard InChI is InChI=1S/C20H17ClN4OS/c1-12-17(19(26)23-10-13-6-3-4-8-16(13)21)27-20(24-12)15-11-25(2)18-14(15)7-5-9-22-18/h3-9,11H,10H2,1-2H3,(H,23,26). The van der Waals surface area contributed by atoms with E-state index in [1.54, 1.807) is 6.20 Å². The first kappa shape index (κ1) is 17.7. The summed E-state index contributed by atoms with van der Waals surface area (Å²) in [7, 11) is 1.95. The fourth-order valence-corrected chi connectivity index (χ4v) is 4.21. The van der Waals surface area contributed by atoms with Crippen molar-refractivity contribution in [1.82, 2.24) is 19.9 Å². The zero-order valence-corrected chi connectivity index (χ0v) is 16.4. The summed E-state index contributed by atoms with van der Waals surface area (Å²) in [4.78, 5) is 22.3. The van der Waals surface area contributed by atoms with Crippen LogP contribution in [0.2, 0.25) is 5.02 Å². The molecule has 1 aromatic carbocycles. The number of hydrogen-bond acceptors (Lipinski definition) is 4. The highest BCUT2D eigenvalue weighted by atomic mass is 35.5. The molecule has 0 fully saturated rings. The van der Waals surface area contributed by atoms with Crippen LogP contribution in [-0.2, 0) is 13.6 Å². The zero-order chi connectivity index (χ0) is 19.0. The summed E-state index contributed by atoms with van der Waals surface area (Å²) in [5.41, 5.74) is 3.48. The second kappa shape index (κ2) is 7.13. The Hall–Kier alpha value is -2.70. The molecule has 5 nitrogen and oxygen atoms in total. The summed E-state index contributed by atoms with van der Waals surface area (Å²) in [6.45, 7) is 2.23. The molecule has 0 aliphatic heterocycles. The molecule has 0 radical (unpaired) electrons. The maximum atomic E-state index is 12.7. The van der Waals surface area contributed by atoms with Gasteiger partial charge in [-0.05, 0) is 30.7 Å². The van der Waals surface area contributed by atoms with E-state index in [2.05, 4.69) is 15.3 Å². The van der Waals surface area contributed by atoms with E-state index >= 15 is 0 Å². The maximum Gasteiger partial charge on any atom is 0.263 e. The number of carbonyl (C=O) groups excluding carboxylic acids is 1. The molecule has 0 aliphatic carbocycles. The number of carbonyl (C=O) groups is 1. The molecule has 0 unspecified atom stereocenters. The van der Waals surface area contributed by atoms with E-state index in [0.29, 0.717) is 22.1 Å². The van der Waals surface area contributed by atoms with E-state index in [1.807, 2.05) is 61.1 Å². The molecule has 0 saturated carbocycles. The Kier molecular flexibility index (Phi) is 4.68. The van der Waals surface area contributed by atoms with E-state index in [-0.39, 0.29) is 5.91 Å². The van der Waals surface area contributed by atoms with Crippen molar-refractivity contribution in [2.24, 2.45) is 7.05 Å². The fourth-order valence-electron chi connectivity index (χ4n) is 3.00. The van der Waals surface area contributed by atoms with Crippen molar-refractivity contribution in [2.75, 3.05) is 0 Å². The Balaban J connectivity index is 1.61. The minimum atomic E-state index is -0.144. The van der Waals surface area contributed by atoms with Gasteiger partial charge in [-0.3, -0.25) is 4.79 Å². The van der Waals surface area contributed by atoms with Gasteiger partial charge in [0.15, 0.2) is 0 Å². The molecular formula is C20H17ClN4OS. The van der Waals surface area contributed by atoms with Gasteiger partial charge in [0.2, 0.25) is 0 Å². The van der Waals surface area contributed by atoms with Crippen LogP contribution < -0.4 is 5.32 Å². The van der Waals surface area contributed by atoms with Crippen molar-refractivity contribution in [3.63, 3.8) is 0 Å². The van der Waals surface area contributed by atoms with Crippen LogP contribution in [-0.4, -0.2) is 20.4 Å². The summed E-state index contributed by atoms with van der Waals surface area (Å²) in [5.74, 6) is -0.144. The van der Waals surface area contributed by atoms with Gasteiger partial charge in [-0.15, -0.1) is 11.3 Å². The quantitative estimate of drug-likeness (QED) is 0.548. The van der Waals surface area contributed by atoms with Gasteiger partial charge in [-0.25, -0.2) is 9.97 Å². The Labute approximate surface area is 165 Å². The van der Waals surface area contributed by atoms with E-state index in [1.165, 1.54) is 11.3 Å². The van der Waals surface area contributed by atoms with Gasteiger partial charge >= 0.3 is 0 Å². The van der Waals surface area contributed by atoms with Crippen LogP contribution in [0.25, 0.3) is 21.6 Å². The minimum Gasteiger partial charge on any atom is -0.347 e. The molecule has 27 heavy (non-hydrogen) atoms. The van der Waals surface area contributed by atoms with Crippen LogP contribution in [0.4, 0.5) is 0 Å². The highest BCUT2D eigenvalue weighted by molar-refractivity contribution is 7.17. The van der Waals surface area contributed by atoms with Crippen LogP contribution >= 0.6 is 22.9 Å². The molecule has 0 aliphatic rings. The van der Waals surface area contributed by atoms with Crippen molar-refractivity contribution < 1.29 is 4.79 Å². The molecule has 4 aromatic rings. The molecule has 1 amide bonds. The minimum absolute atomic E-state index is 0.144. The molecule has 0 saturated heterocycles. The molecule has 0 atom stereocenters. The fraction of sp³-hybridized carbons (Fsp3) is 0.150. The number of amides is 1. The Bertz CT molecular complexity index is 1150. The van der Waals surface area contributed by atoms with E-state index < -0.39 is 0 Å². The van der Waals surface area contributed by atoms with Crippen molar-refractivity contribution >= 4 is 39.9 Å². The van der Waals surface area contributed by atoms with Crippen LogP contribution in [0, 0.1) is 6.92 Å². The summed E-state index contributed by atoms with van der Waals surface area (Å²) < 4.78 is 1.97. The smallest absolute Gasteiger partial charge is 0.263 e. The SMILES string of the molecule is Cc1nc(-c2cn(C)c3ncccc23)sc1C(=O)NCc1ccccc1Cl. The summed E-state index contributed by atoms with van der Waals surface area (Å²) >= 11 is 7.55. The Morgan fingerprint density at radius 2 is 2.07 bits per heavy atom. The average molecular weight is 397 g/mol. The van der Waals surface area contributed by atoms with Crippen molar-refractivity contribution in [2.45, 2.75) is 13.5 Å². The van der Waals surface area contributed by atoms with Crippen LogP contribution in [0.1, 0.15) is 20.9 Å². The summed E-state index contributed by atoms with van der Waals surface area (Å²) in [5, 5.41) is 5.41. The lowest BCUT2D eigenvalue weighted by atomic mass is 10.2. The van der Waals surface area contributed by atoms with Gasteiger partial charge in [0, 0.05) is 42.0 Å². The molecule has 1 N–H and O–H groups in total. The molecule has 4 rings (SSSR count). The predicted molar refractivity (Wildman–Crippen MR) is 109 cm³/mol. The number of rotatable bonds is 4. The molecular weight excluding hydrogens is 380 g/mol. The number of pyridine rings is 1. The number of aryl methyl sites for hydroxylation is 2. The molecule has 7 heteroatoms. The molecule has 0 bridgehead atoms. The van der Waals surface area contributed by atoms with Gasteiger partial charge in [-0.1, -0.05) is 29.8 Å². The summed E-state index contributed by atoms with van der Waals surface area (Å²) in [6, 6.07) is 11.4. The third-order valence-corrected chi connectivity index (χ3v) is 5.92. The molecule has 0 spiro atoms. The van der Waals surface area contributed by atoms with Crippen LogP contribution in [0.5, 0.6) is 0 Å². The van der Waals surface area contributed by atoms with Crippen LogP contribution in [0.3, 0.4) is 0 Å². The lowest BCUT2D eigenvalue weighted by molar-refractivity contribution is 0.0954. The number of nitrogens with zero attached hydrogens (tertiary/aromatic N) is 3. The third kappa shape index (κ3) is 3.34. The van der Waals surface area contributed by atoms with E-state index in [9.17, 15) is 4.79 Å². The Morgan fingerprint density at radius 3 is 2.89 bits per heavy atom. The largest absolute Gasteiger partial charge is 0.347 e. The second-order valence-electron chi connectivity index (χ2n) is 6.24. The second-order valence-corrected chi connectivity index (χ2v) is 7.64. The lowest BCUT2D eigenvalue weighted by Gasteiger charge is -2.05. The first-order valence-electron chi connectivity index (χ1n) is 8.44. The molecule has 136 valence electrons. The zero-order valence-electron chi connectivity index (χ0n) is 14.9. The topological polar surface area (TPSA) is 59.8 Å². The van der Waals surface area contributed by atoms with Gasteiger partial charge < -0.3 is 9.88 Å². The third-order valence-electron chi connectivity index (χ3n) is 4.36. The maximum absolute atomic E-state index is 12.7. The number of nitrogens with one attached hydrogen (secondary N) is 1. The Morgan fingerprint density at radius 1 is 1.26 bits per heavy atom. The van der Waals surface area contributed by atoms with Crippen LogP contribution in [0.15, 0.2) is 48.8 Å². The predicted octanol–water partition coefficient (Wildman–Crippen LogP) is 4.59. The highest BCUT2D eigenvalue weighted by Gasteiger charge is 2.19. The highest BCUT2D eigenvalue weighted by Crippen LogP contribution is 2.33. The number of aromatic nitrogens is 3. The van der Waals surface area contributed by atoms with E-state index in [4.69, 9.17) is 11.6 Å². The number of thiazole rings is 1. The van der Waals surface area contributed by atoms with Gasteiger partial charge in [0.1, 0.15) is 15.5 Å². The van der Waals surface area contributed by atoms with Gasteiger partial charge in [0.05, 0.1) is 5.69 Å². The number of hydrogen-bond donors (Lipinski definition) is 1. The molecule has 3 aromatic heterocycles. The average Bonchev–Trinajstić information content (AvgIpc) is 3.21. The number of benzene rings is 1. The van der Waals surface area contributed by atoms with Crippen molar-refractivity contribution in [3.8, 4) is 10.6 Å². The first-order chi connectivity index (χ1) is 13.0. The molecule has 3 heterocycles. The number of fused-ring (bicyclic) bond motifs is 1.